The molecule has 1 rings (SSSR count). The maximum absolute atomic E-state index is 10.1. The van der Waals surface area contributed by atoms with Gasteiger partial charge in [-0.15, -0.1) is 0 Å². The molecule has 0 radical (unpaired) electrons. The van der Waals surface area contributed by atoms with Gasteiger partial charge in [0.15, 0.2) is 0 Å². The summed E-state index contributed by atoms with van der Waals surface area (Å²) in [6.45, 7) is 1.77. The van der Waals surface area contributed by atoms with Crippen LogP contribution in [0.3, 0.4) is 0 Å². The number of hydrogen-bond donors (Lipinski definition) is 1. The summed E-state index contributed by atoms with van der Waals surface area (Å²) in [5.41, 5.74) is -0.333. The highest BCUT2D eigenvalue weighted by atomic mass is 16.4. The van der Waals surface area contributed by atoms with Gasteiger partial charge in [-0.3, -0.25) is 4.79 Å². The average molecular weight is 132 g/mol. The minimum absolute atomic E-state index is 0. The molecule has 1 aliphatic carbocycles. The van der Waals surface area contributed by atoms with Gasteiger partial charge < -0.3 is 5.11 Å². The van der Waals surface area contributed by atoms with Crippen LogP contribution in [-0.2, 0) is 4.79 Å². The van der Waals surface area contributed by atoms with E-state index >= 15 is 0 Å². The lowest BCUT2D eigenvalue weighted by Crippen LogP contribution is -2.08. The second-order valence-electron chi connectivity index (χ2n) is 2.37. The first-order chi connectivity index (χ1) is 3.15. The molecule has 2 heteroatoms. The number of carboxylic acids is 1. The SMILES string of the molecule is C.C.CC1(C(=O)O)CC1. The van der Waals surface area contributed by atoms with Gasteiger partial charge in [0.05, 0.1) is 5.41 Å². The first-order valence-corrected chi connectivity index (χ1v) is 2.38. The van der Waals surface area contributed by atoms with Crippen LogP contribution in [0.2, 0.25) is 0 Å². The summed E-state index contributed by atoms with van der Waals surface area (Å²) in [6.07, 6.45) is 1.73. The molecule has 0 unspecified atom stereocenters. The molecule has 9 heavy (non-hydrogen) atoms. The van der Waals surface area contributed by atoms with Crippen LogP contribution in [0.15, 0.2) is 0 Å². The zero-order valence-electron chi connectivity index (χ0n) is 4.27. The maximum Gasteiger partial charge on any atom is 0.309 e. The van der Waals surface area contributed by atoms with Crippen molar-refractivity contribution in [1.82, 2.24) is 0 Å². The summed E-state index contributed by atoms with van der Waals surface area (Å²) in [7, 11) is 0. The Morgan fingerprint density at radius 1 is 1.44 bits per heavy atom. The summed E-state index contributed by atoms with van der Waals surface area (Å²) in [4.78, 5) is 10.1. The van der Waals surface area contributed by atoms with Crippen LogP contribution < -0.4 is 0 Å². The number of rotatable bonds is 1. The summed E-state index contributed by atoms with van der Waals surface area (Å²) >= 11 is 0. The van der Waals surface area contributed by atoms with Gasteiger partial charge in [0.2, 0.25) is 0 Å². The Kier molecular flexibility index (Phi) is 3.58. The predicted octanol–water partition coefficient (Wildman–Crippen LogP) is 2.14. The van der Waals surface area contributed by atoms with Crippen molar-refractivity contribution in [2.45, 2.75) is 34.6 Å². The van der Waals surface area contributed by atoms with Crippen molar-refractivity contribution >= 4 is 5.97 Å². The van der Waals surface area contributed by atoms with Gasteiger partial charge in [0, 0.05) is 0 Å². The second kappa shape index (κ2) is 2.85. The number of aliphatic carboxylic acids is 1. The molecule has 1 saturated carbocycles. The smallest absolute Gasteiger partial charge is 0.309 e. The van der Waals surface area contributed by atoms with Crippen LogP contribution in [0.4, 0.5) is 0 Å². The quantitative estimate of drug-likeness (QED) is 0.593. The fraction of sp³-hybridized carbons (Fsp3) is 0.857. The molecule has 0 aromatic carbocycles. The molecule has 1 N–H and O–H groups in total. The highest BCUT2D eigenvalue weighted by Crippen LogP contribution is 2.44. The topological polar surface area (TPSA) is 37.3 Å². The monoisotopic (exact) mass is 132 g/mol. The van der Waals surface area contributed by atoms with E-state index in [9.17, 15) is 4.79 Å². The van der Waals surface area contributed by atoms with Crippen molar-refractivity contribution in [1.29, 1.82) is 0 Å². The van der Waals surface area contributed by atoms with Gasteiger partial charge in [-0.2, -0.15) is 0 Å². The van der Waals surface area contributed by atoms with Crippen molar-refractivity contribution in [3.8, 4) is 0 Å². The molecule has 0 heterocycles. The maximum atomic E-state index is 10.1. The third-order valence-electron chi connectivity index (χ3n) is 1.52. The van der Waals surface area contributed by atoms with Crippen molar-refractivity contribution in [3.05, 3.63) is 0 Å². The van der Waals surface area contributed by atoms with E-state index in [-0.39, 0.29) is 20.3 Å². The molecule has 0 aromatic rings. The summed E-state index contributed by atoms with van der Waals surface area (Å²) in [6, 6.07) is 0. The highest BCUT2D eigenvalue weighted by Gasteiger charge is 2.44. The van der Waals surface area contributed by atoms with Gasteiger partial charge in [0.25, 0.3) is 0 Å². The highest BCUT2D eigenvalue weighted by molar-refractivity contribution is 5.77. The van der Waals surface area contributed by atoms with Gasteiger partial charge in [0.1, 0.15) is 0 Å². The molecule has 0 aliphatic heterocycles. The van der Waals surface area contributed by atoms with E-state index in [0.717, 1.165) is 12.8 Å². The second-order valence-corrected chi connectivity index (χ2v) is 2.37. The van der Waals surface area contributed by atoms with Crippen LogP contribution in [0, 0.1) is 5.41 Å². The number of carboxylic acid groups (broad SMARTS) is 1. The van der Waals surface area contributed by atoms with E-state index in [1.165, 1.54) is 0 Å². The summed E-state index contributed by atoms with van der Waals surface area (Å²) in [5.74, 6) is -0.646. The molecule has 56 valence electrons. The molecule has 0 bridgehead atoms. The molecular formula is C7H16O2. The number of hydrogen-bond acceptors (Lipinski definition) is 1. The van der Waals surface area contributed by atoms with Gasteiger partial charge in [-0.25, -0.2) is 0 Å². The predicted molar refractivity (Wildman–Crippen MR) is 38.4 cm³/mol. The third kappa shape index (κ3) is 2.04. The Labute approximate surface area is 56.9 Å². The Balaban J connectivity index is 0. The third-order valence-corrected chi connectivity index (χ3v) is 1.52. The van der Waals surface area contributed by atoms with Crippen LogP contribution in [-0.4, -0.2) is 11.1 Å². The van der Waals surface area contributed by atoms with Crippen molar-refractivity contribution < 1.29 is 9.90 Å². The zero-order chi connectivity index (χ0) is 5.49. The standard InChI is InChI=1S/C5H8O2.2CH4/c1-5(2-3-5)4(6)7;;/h2-3H2,1H3,(H,6,7);2*1H4. The Morgan fingerprint density at radius 2 is 1.78 bits per heavy atom. The summed E-state index contributed by atoms with van der Waals surface area (Å²) in [5, 5.41) is 8.31. The molecule has 1 fully saturated rings. The Bertz CT molecular complexity index is 103. The van der Waals surface area contributed by atoms with E-state index in [1.54, 1.807) is 6.92 Å². The van der Waals surface area contributed by atoms with E-state index < -0.39 is 5.97 Å². The minimum atomic E-state index is -0.646. The van der Waals surface area contributed by atoms with E-state index in [2.05, 4.69) is 0 Å². The molecular weight excluding hydrogens is 116 g/mol. The molecule has 1 aliphatic rings. The van der Waals surface area contributed by atoms with E-state index in [4.69, 9.17) is 5.11 Å². The van der Waals surface area contributed by atoms with Gasteiger partial charge in [-0.05, 0) is 19.8 Å². The van der Waals surface area contributed by atoms with E-state index in [0.29, 0.717) is 0 Å². The van der Waals surface area contributed by atoms with Crippen molar-refractivity contribution in [2.75, 3.05) is 0 Å². The van der Waals surface area contributed by atoms with Gasteiger partial charge >= 0.3 is 5.97 Å². The molecule has 0 amide bonds. The zero-order valence-corrected chi connectivity index (χ0v) is 4.27. The minimum Gasteiger partial charge on any atom is -0.481 e. The average Bonchev–Trinajstić information content (AvgIpc) is 2.21. The van der Waals surface area contributed by atoms with Gasteiger partial charge in [-0.1, -0.05) is 14.9 Å². The fourth-order valence-corrected chi connectivity index (χ4v) is 0.401. The molecule has 2 nitrogen and oxygen atoms in total. The fourth-order valence-electron chi connectivity index (χ4n) is 0.401. The lowest BCUT2D eigenvalue weighted by Gasteiger charge is -1.94. The lowest BCUT2D eigenvalue weighted by molar-refractivity contribution is -0.142. The largest absolute Gasteiger partial charge is 0.481 e. The Hall–Kier alpha value is -0.530. The summed E-state index contributed by atoms with van der Waals surface area (Å²) < 4.78 is 0. The molecule has 0 spiro atoms. The van der Waals surface area contributed by atoms with Crippen LogP contribution >= 0.6 is 0 Å². The van der Waals surface area contributed by atoms with Crippen molar-refractivity contribution in [3.63, 3.8) is 0 Å². The van der Waals surface area contributed by atoms with Crippen LogP contribution in [0.5, 0.6) is 0 Å². The molecule has 0 aromatic heterocycles. The van der Waals surface area contributed by atoms with Crippen LogP contribution in [0.25, 0.3) is 0 Å². The number of carbonyl (C=O) groups is 1. The Morgan fingerprint density at radius 3 is 1.78 bits per heavy atom. The molecule has 0 atom stereocenters. The van der Waals surface area contributed by atoms with E-state index in [1.807, 2.05) is 0 Å². The molecule has 0 saturated heterocycles. The van der Waals surface area contributed by atoms with Crippen molar-refractivity contribution in [2.24, 2.45) is 5.41 Å². The van der Waals surface area contributed by atoms with Crippen LogP contribution in [0.1, 0.15) is 34.6 Å². The lowest BCUT2D eigenvalue weighted by atomic mass is 10.2. The first kappa shape index (κ1) is 11.3. The normalized spacial score (nSPS) is 18.8. The first-order valence-electron chi connectivity index (χ1n) is 2.38.